The Morgan fingerprint density at radius 2 is 2.05 bits per heavy atom. The van der Waals surface area contributed by atoms with Crippen LogP contribution in [0.5, 0.6) is 0 Å². The Morgan fingerprint density at radius 3 is 2.57 bits per heavy atom. The number of imide groups is 1. The summed E-state index contributed by atoms with van der Waals surface area (Å²) in [7, 11) is 1.52. The van der Waals surface area contributed by atoms with Gasteiger partial charge < -0.3 is 14.6 Å². The highest BCUT2D eigenvalue weighted by molar-refractivity contribution is 5.97. The Morgan fingerprint density at radius 1 is 1.33 bits per heavy atom. The molecule has 0 spiro atoms. The van der Waals surface area contributed by atoms with Crippen molar-refractivity contribution in [1.29, 1.82) is 0 Å². The molecule has 116 valence electrons. The standard InChI is InChI=1S/C6H10N2O3.C6H8N2O2/c1-11-3-4-2-7-6(10)8-5(4)9;1-2-8-4-3-5(9)7-6(8)10/h4H,2-3H2,1H3,(H2,7,8,9,10);3-4H,2H2,1H3,(H,7,9,10). The number of methoxy groups -OCH3 is 1. The summed E-state index contributed by atoms with van der Waals surface area (Å²) < 4.78 is 6.19. The second-order valence-electron chi connectivity index (χ2n) is 4.25. The molecule has 1 unspecified atom stereocenters. The van der Waals surface area contributed by atoms with Crippen LogP contribution in [0.2, 0.25) is 0 Å². The van der Waals surface area contributed by atoms with Crippen LogP contribution in [0.1, 0.15) is 6.92 Å². The van der Waals surface area contributed by atoms with Gasteiger partial charge >= 0.3 is 11.7 Å². The predicted octanol–water partition coefficient (Wildman–Crippen LogP) is -1.36. The van der Waals surface area contributed by atoms with Gasteiger partial charge in [-0.2, -0.15) is 0 Å². The molecule has 3 N–H and O–H groups in total. The number of ether oxygens (including phenoxy) is 1. The van der Waals surface area contributed by atoms with Gasteiger partial charge in [-0.15, -0.1) is 0 Å². The van der Waals surface area contributed by atoms with E-state index in [0.717, 1.165) is 0 Å². The number of urea groups is 1. The van der Waals surface area contributed by atoms with Gasteiger partial charge in [0.2, 0.25) is 5.91 Å². The van der Waals surface area contributed by atoms with Crippen molar-refractivity contribution in [2.75, 3.05) is 20.3 Å². The first-order valence-electron chi connectivity index (χ1n) is 6.35. The lowest BCUT2D eigenvalue weighted by atomic mass is 10.1. The van der Waals surface area contributed by atoms with Crippen LogP contribution >= 0.6 is 0 Å². The second kappa shape index (κ2) is 8.00. The molecule has 0 aromatic carbocycles. The van der Waals surface area contributed by atoms with Crippen LogP contribution < -0.4 is 21.9 Å². The Hall–Kier alpha value is -2.42. The zero-order valence-corrected chi connectivity index (χ0v) is 11.8. The smallest absolute Gasteiger partial charge is 0.328 e. The van der Waals surface area contributed by atoms with Crippen molar-refractivity contribution in [3.63, 3.8) is 0 Å². The van der Waals surface area contributed by atoms with E-state index in [0.29, 0.717) is 19.7 Å². The fourth-order valence-electron chi connectivity index (χ4n) is 1.60. The second-order valence-corrected chi connectivity index (χ2v) is 4.25. The summed E-state index contributed by atoms with van der Waals surface area (Å²) in [4.78, 5) is 44.9. The first-order chi connectivity index (χ1) is 9.97. The van der Waals surface area contributed by atoms with E-state index in [-0.39, 0.29) is 23.1 Å². The van der Waals surface area contributed by atoms with E-state index < -0.39 is 6.03 Å². The summed E-state index contributed by atoms with van der Waals surface area (Å²) in [6.45, 7) is 3.11. The Kier molecular flexibility index (Phi) is 6.34. The molecule has 0 bridgehead atoms. The molecule has 0 saturated carbocycles. The normalized spacial score (nSPS) is 17.3. The molecule has 1 saturated heterocycles. The van der Waals surface area contributed by atoms with Crippen LogP contribution in [0.15, 0.2) is 21.9 Å². The van der Waals surface area contributed by atoms with Gasteiger partial charge in [0.05, 0.1) is 12.5 Å². The number of rotatable bonds is 3. The molecule has 1 aliphatic heterocycles. The lowest BCUT2D eigenvalue weighted by Gasteiger charge is -2.20. The van der Waals surface area contributed by atoms with E-state index in [1.165, 1.54) is 23.9 Å². The van der Waals surface area contributed by atoms with Gasteiger partial charge in [-0.1, -0.05) is 0 Å². The van der Waals surface area contributed by atoms with Gasteiger partial charge in [0.25, 0.3) is 5.56 Å². The minimum atomic E-state index is -0.428. The molecule has 21 heavy (non-hydrogen) atoms. The van der Waals surface area contributed by atoms with Crippen LogP contribution in [0.3, 0.4) is 0 Å². The molecular formula is C12H18N4O5. The molecule has 0 radical (unpaired) electrons. The number of aromatic amines is 1. The SMILES string of the molecule is CCn1ccc(=O)[nH]c1=O.COCC1CNC(=O)NC1=O. The third-order valence-electron chi connectivity index (χ3n) is 2.72. The molecule has 2 rings (SSSR count). The topological polar surface area (TPSA) is 122 Å². The molecule has 2 heterocycles. The summed E-state index contributed by atoms with van der Waals surface area (Å²) in [5.74, 6) is -0.520. The largest absolute Gasteiger partial charge is 0.384 e. The lowest BCUT2D eigenvalue weighted by molar-refractivity contribution is -0.126. The summed E-state index contributed by atoms with van der Waals surface area (Å²) in [6, 6.07) is 0.896. The minimum absolute atomic E-state index is 0.252. The monoisotopic (exact) mass is 298 g/mol. The van der Waals surface area contributed by atoms with E-state index in [4.69, 9.17) is 4.74 Å². The van der Waals surface area contributed by atoms with Gasteiger partial charge in [-0.3, -0.25) is 19.9 Å². The molecule has 9 nitrogen and oxygen atoms in total. The van der Waals surface area contributed by atoms with Crippen LogP contribution in [-0.4, -0.2) is 41.8 Å². The van der Waals surface area contributed by atoms with Gasteiger partial charge in [-0.05, 0) is 6.92 Å². The quantitative estimate of drug-likeness (QED) is 0.636. The van der Waals surface area contributed by atoms with Crippen molar-refractivity contribution in [2.45, 2.75) is 13.5 Å². The highest BCUT2D eigenvalue weighted by Crippen LogP contribution is 1.99. The zero-order valence-electron chi connectivity index (χ0n) is 11.8. The molecule has 1 aliphatic rings. The average molecular weight is 298 g/mol. The molecule has 1 aromatic heterocycles. The summed E-state index contributed by atoms with van der Waals surface area (Å²) >= 11 is 0. The van der Waals surface area contributed by atoms with E-state index in [9.17, 15) is 19.2 Å². The van der Waals surface area contributed by atoms with Crippen molar-refractivity contribution in [1.82, 2.24) is 20.2 Å². The van der Waals surface area contributed by atoms with E-state index >= 15 is 0 Å². The zero-order chi connectivity index (χ0) is 15.8. The van der Waals surface area contributed by atoms with Gasteiger partial charge in [-0.25, -0.2) is 9.59 Å². The maximum Gasteiger partial charge on any atom is 0.328 e. The van der Waals surface area contributed by atoms with E-state index in [1.807, 2.05) is 6.92 Å². The number of amides is 3. The van der Waals surface area contributed by atoms with Crippen LogP contribution in [0.25, 0.3) is 0 Å². The summed E-state index contributed by atoms with van der Waals surface area (Å²) in [5, 5.41) is 4.64. The maximum absolute atomic E-state index is 10.9. The number of H-pyrrole nitrogens is 1. The number of aromatic nitrogens is 2. The third-order valence-corrected chi connectivity index (χ3v) is 2.72. The van der Waals surface area contributed by atoms with Crippen molar-refractivity contribution >= 4 is 11.9 Å². The molecular weight excluding hydrogens is 280 g/mol. The highest BCUT2D eigenvalue weighted by Gasteiger charge is 2.25. The Bertz CT molecular complexity index is 606. The maximum atomic E-state index is 10.9. The molecule has 3 amide bonds. The number of carbonyl (C=O) groups is 2. The van der Waals surface area contributed by atoms with Crippen molar-refractivity contribution in [3.05, 3.63) is 33.1 Å². The number of hydrogen-bond donors (Lipinski definition) is 3. The molecule has 1 fully saturated rings. The van der Waals surface area contributed by atoms with Crippen LogP contribution in [0.4, 0.5) is 4.79 Å². The first kappa shape index (κ1) is 16.6. The number of nitrogens with one attached hydrogen (secondary N) is 3. The van der Waals surface area contributed by atoms with Gasteiger partial charge in [0.1, 0.15) is 0 Å². The highest BCUT2D eigenvalue weighted by atomic mass is 16.5. The lowest BCUT2D eigenvalue weighted by Crippen LogP contribution is -2.53. The number of nitrogens with zero attached hydrogens (tertiary/aromatic N) is 1. The summed E-state index contributed by atoms with van der Waals surface area (Å²) in [6.07, 6.45) is 1.47. The molecule has 1 aromatic rings. The predicted molar refractivity (Wildman–Crippen MR) is 73.9 cm³/mol. The minimum Gasteiger partial charge on any atom is -0.384 e. The van der Waals surface area contributed by atoms with E-state index in [1.54, 1.807) is 0 Å². The third kappa shape index (κ3) is 5.22. The van der Waals surface area contributed by atoms with Crippen LogP contribution in [-0.2, 0) is 16.1 Å². The number of hydrogen-bond acceptors (Lipinski definition) is 5. The van der Waals surface area contributed by atoms with Gasteiger partial charge in [0, 0.05) is 32.5 Å². The molecule has 0 aliphatic carbocycles. The number of carbonyl (C=O) groups excluding carboxylic acids is 2. The fraction of sp³-hybridized carbons (Fsp3) is 0.500. The van der Waals surface area contributed by atoms with Crippen LogP contribution in [0, 0.1) is 5.92 Å². The first-order valence-corrected chi connectivity index (χ1v) is 6.35. The fourth-order valence-corrected chi connectivity index (χ4v) is 1.60. The Balaban J connectivity index is 0.000000211. The average Bonchev–Trinajstić information content (AvgIpc) is 2.43. The van der Waals surface area contributed by atoms with E-state index in [2.05, 4.69) is 15.6 Å². The Labute approximate surface area is 120 Å². The van der Waals surface area contributed by atoms with Crippen molar-refractivity contribution < 1.29 is 14.3 Å². The van der Waals surface area contributed by atoms with Crippen molar-refractivity contribution in [2.24, 2.45) is 5.92 Å². The van der Waals surface area contributed by atoms with Gasteiger partial charge in [0.15, 0.2) is 0 Å². The number of aryl methyl sites for hydroxylation is 1. The molecule has 9 heteroatoms. The van der Waals surface area contributed by atoms with Crippen molar-refractivity contribution in [3.8, 4) is 0 Å². The summed E-state index contributed by atoms with van der Waals surface area (Å²) in [5.41, 5.74) is -0.704. The molecule has 1 atom stereocenters.